The largest absolute Gasteiger partial charge is 0.298 e. The van der Waals surface area contributed by atoms with Gasteiger partial charge in [-0.1, -0.05) is 12.2 Å². The maximum absolute atomic E-state index is 10.8. The maximum Gasteiger partial charge on any atom is 0.151 e. The zero-order chi connectivity index (χ0) is 13.3. The van der Waals surface area contributed by atoms with Gasteiger partial charge in [-0.05, 0) is 56.0 Å². The Bertz CT molecular complexity index is 654. The Balaban J connectivity index is 2.92. The molecule has 2 heteroatoms. The number of hydrogen-bond donors (Lipinski definition) is 0. The van der Waals surface area contributed by atoms with Crippen LogP contribution in [-0.4, -0.2) is 11.3 Å². The standard InChI is InChI=1S/C16H17NO/c1-5-6-14-10(2)11(3)15-7-13(9-18)8-17-16(15)12(14)4/h5-9H,1-4H3/b6-5+. The lowest BCUT2D eigenvalue weighted by Gasteiger charge is -2.13. The number of benzene rings is 1. The highest BCUT2D eigenvalue weighted by atomic mass is 16.1. The molecule has 0 aliphatic carbocycles. The van der Waals surface area contributed by atoms with Crippen LogP contribution in [0.1, 0.15) is 39.5 Å². The van der Waals surface area contributed by atoms with Gasteiger partial charge in [0, 0.05) is 17.1 Å². The molecule has 18 heavy (non-hydrogen) atoms. The second kappa shape index (κ2) is 4.73. The van der Waals surface area contributed by atoms with Gasteiger partial charge < -0.3 is 0 Å². The third-order valence-electron chi connectivity index (χ3n) is 3.51. The molecular formula is C16H17NO. The summed E-state index contributed by atoms with van der Waals surface area (Å²) in [5, 5.41) is 1.07. The van der Waals surface area contributed by atoms with Crippen LogP contribution in [0.5, 0.6) is 0 Å². The highest BCUT2D eigenvalue weighted by Gasteiger charge is 2.11. The second-order valence-corrected chi connectivity index (χ2v) is 4.57. The van der Waals surface area contributed by atoms with Crippen molar-refractivity contribution in [3.05, 3.63) is 46.2 Å². The molecule has 0 atom stereocenters. The minimum atomic E-state index is 0.628. The Kier molecular flexibility index (Phi) is 3.28. The second-order valence-electron chi connectivity index (χ2n) is 4.57. The van der Waals surface area contributed by atoms with Crippen molar-refractivity contribution in [3.8, 4) is 0 Å². The van der Waals surface area contributed by atoms with Gasteiger partial charge in [0.1, 0.15) is 0 Å². The van der Waals surface area contributed by atoms with E-state index in [-0.39, 0.29) is 0 Å². The van der Waals surface area contributed by atoms with Gasteiger partial charge in [-0.3, -0.25) is 9.78 Å². The van der Waals surface area contributed by atoms with E-state index in [9.17, 15) is 4.79 Å². The van der Waals surface area contributed by atoms with Crippen molar-refractivity contribution in [2.45, 2.75) is 27.7 Å². The molecule has 1 aromatic carbocycles. The van der Waals surface area contributed by atoms with E-state index in [2.05, 4.69) is 31.8 Å². The van der Waals surface area contributed by atoms with Crippen LogP contribution < -0.4 is 0 Å². The summed E-state index contributed by atoms with van der Waals surface area (Å²) in [5.41, 5.74) is 6.46. The molecule has 1 heterocycles. The van der Waals surface area contributed by atoms with Crippen molar-refractivity contribution in [1.29, 1.82) is 0 Å². The Morgan fingerprint density at radius 2 is 1.83 bits per heavy atom. The SMILES string of the molecule is C/C=C/c1c(C)c(C)c2cc(C=O)cnc2c1C. The Labute approximate surface area is 107 Å². The zero-order valence-corrected chi connectivity index (χ0v) is 11.2. The fourth-order valence-electron chi connectivity index (χ4n) is 2.36. The Hall–Kier alpha value is -1.96. The first-order valence-electron chi connectivity index (χ1n) is 6.07. The summed E-state index contributed by atoms with van der Waals surface area (Å²) < 4.78 is 0. The lowest BCUT2D eigenvalue weighted by Crippen LogP contribution is -1.97. The summed E-state index contributed by atoms with van der Waals surface area (Å²) in [6, 6.07) is 1.92. The first-order valence-corrected chi connectivity index (χ1v) is 6.07. The van der Waals surface area contributed by atoms with Gasteiger partial charge >= 0.3 is 0 Å². The number of carbonyl (C=O) groups excluding carboxylic acids is 1. The molecule has 0 saturated carbocycles. The van der Waals surface area contributed by atoms with Crippen LogP contribution in [0, 0.1) is 20.8 Å². The van der Waals surface area contributed by atoms with E-state index in [1.54, 1.807) is 6.20 Å². The van der Waals surface area contributed by atoms with E-state index in [4.69, 9.17) is 0 Å². The highest BCUT2D eigenvalue weighted by Crippen LogP contribution is 2.29. The molecule has 0 amide bonds. The van der Waals surface area contributed by atoms with Crippen molar-refractivity contribution < 1.29 is 4.79 Å². The lowest BCUT2D eigenvalue weighted by molar-refractivity contribution is 0.112. The summed E-state index contributed by atoms with van der Waals surface area (Å²) in [6.07, 6.45) is 6.64. The van der Waals surface area contributed by atoms with Gasteiger partial charge in [0.15, 0.2) is 6.29 Å². The van der Waals surface area contributed by atoms with Crippen LogP contribution in [0.3, 0.4) is 0 Å². The van der Waals surface area contributed by atoms with Crippen molar-refractivity contribution in [3.63, 3.8) is 0 Å². The Morgan fingerprint density at radius 1 is 1.11 bits per heavy atom. The van der Waals surface area contributed by atoms with Crippen LogP contribution in [-0.2, 0) is 0 Å². The molecule has 2 nitrogen and oxygen atoms in total. The Morgan fingerprint density at radius 3 is 2.44 bits per heavy atom. The van der Waals surface area contributed by atoms with E-state index >= 15 is 0 Å². The topological polar surface area (TPSA) is 30.0 Å². The van der Waals surface area contributed by atoms with Crippen LogP contribution in [0.15, 0.2) is 18.3 Å². The summed E-state index contributed by atoms with van der Waals surface area (Å²) in [4.78, 5) is 15.3. The van der Waals surface area contributed by atoms with Crippen LogP contribution >= 0.6 is 0 Å². The van der Waals surface area contributed by atoms with Crippen molar-refractivity contribution in [2.24, 2.45) is 0 Å². The van der Waals surface area contributed by atoms with Gasteiger partial charge in [-0.2, -0.15) is 0 Å². The molecule has 0 radical (unpaired) electrons. The molecule has 2 rings (SSSR count). The predicted octanol–water partition coefficient (Wildman–Crippen LogP) is 4.01. The van der Waals surface area contributed by atoms with Crippen molar-refractivity contribution >= 4 is 23.3 Å². The van der Waals surface area contributed by atoms with Crippen LogP contribution in [0.2, 0.25) is 0 Å². The van der Waals surface area contributed by atoms with Gasteiger partial charge in [0.2, 0.25) is 0 Å². The molecule has 0 fully saturated rings. The molecule has 0 N–H and O–H groups in total. The van der Waals surface area contributed by atoms with Gasteiger partial charge in [-0.15, -0.1) is 0 Å². The average molecular weight is 239 g/mol. The third kappa shape index (κ3) is 1.84. The first-order chi connectivity index (χ1) is 8.60. The molecule has 1 aromatic heterocycles. The fourth-order valence-corrected chi connectivity index (χ4v) is 2.36. The number of allylic oxidation sites excluding steroid dienone is 1. The molecule has 2 aromatic rings. The number of nitrogens with zero attached hydrogens (tertiary/aromatic N) is 1. The summed E-state index contributed by atoms with van der Waals surface area (Å²) in [5.74, 6) is 0. The van der Waals surface area contributed by atoms with E-state index in [1.807, 2.05) is 19.1 Å². The van der Waals surface area contributed by atoms with Gasteiger partial charge in [-0.25, -0.2) is 0 Å². The number of carbonyl (C=O) groups is 1. The number of hydrogen-bond acceptors (Lipinski definition) is 2. The van der Waals surface area contributed by atoms with Crippen LogP contribution in [0.4, 0.5) is 0 Å². The lowest BCUT2D eigenvalue weighted by atomic mass is 9.93. The summed E-state index contributed by atoms with van der Waals surface area (Å²) in [6.45, 7) is 8.30. The quantitative estimate of drug-likeness (QED) is 0.741. The minimum Gasteiger partial charge on any atom is -0.298 e. The number of aryl methyl sites for hydroxylation is 2. The molecule has 0 aliphatic heterocycles. The van der Waals surface area contributed by atoms with E-state index in [0.717, 1.165) is 17.2 Å². The molecule has 0 saturated heterocycles. The minimum absolute atomic E-state index is 0.628. The predicted molar refractivity (Wildman–Crippen MR) is 76.0 cm³/mol. The summed E-state index contributed by atoms with van der Waals surface area (Å²) >= 11 is 0. The molecular weight excluding hydrogens is 222 g/mol. The number of aromatic nitrogens is 1. The fraction of sp³-hybridized carbons (Fsp3) is 0.250. The molecule has 0 aliphatic rings. The number of pyridine rings is 1. The third-order valence-corrected chi connectivity index (χ3v) is 3.51. The van der Waals surface area contributed by atoms with Crippen LogP contribution in [0.25, 0.3) is 17.0 Å². The smallest absolute Gasteiger partial charge is 0.151 e. The number of fused-ring (bicyclic) bond motifs is 1. The summed E-state index contributed by atoms with van der Waals surface area (Å²) in [7, 11) is 0. The number of aldehydes is 1. The van der Waals surface area contributed by atoms with E-state index < -0.39 is 0 Å². The normalized spacial score (nSPS) is 11.3. The van der Waals surface area contributed by atoms with Gasteiger partial charge in [0.05, 0.1) is 5.52 Å². The monoisotopic (exact) mass is 239 g/mol. The molecule has 92 valence electrons. The van der Waals surface area contributed by atoms with Crippen molar-refractivity contribution in [1.82, 2.24) is 4.98 Å². The molecule has 0 unspecified atom stereocenters. The molecule has 0 spiro atoms. The van der Waals surface area contributed by atoms with Gasteiger partial charge in [0.25, 0.3) is 0 Å². The zero-order valence-electron chi connectivity index (χ0n) is 11.2. The van der Waals surface area contributed by atoms with E-state index in [1.165, 1.54) is 22.3 Å². The van der Waals surface area contributed by atoms with Crippen molar-refractivity contribution in [2.75, 3.05) is 0 Å². The first kappa shape index (κ1) is 12.5. The highest BCUT2D eigenvalue weighted by molar-refractivity contribution is 5.93. The maximum atomic E-state index is 10.8. The average Bonchev–Trinajstić information content (AvgIpc) is 2.40. The number of rotatable bonds is 2. The van der Waals surface area contributed by atoms with E-state index in [0.29, 0.717) is 5.56 Å². The molecule has 0 bridgehead atoms.